The first-order valence-electron chi connectivity index (χ1n) is 10.1. The van der Waals surface area contributed by atoms with Crippen LogP contribution in [0.3, 0.4) is 0 Å². The first-order valence-corrected chi connectivity index (χ1v) is 10.1. The number of nitrogens with two attached hydrogens (primary N) is 1. The maximum absolute atomic E-state index is 12.6. The highest BCUT2D eigenvalue weighted by Crippen LogP contribution is 2.14. The van der Waals surface area contributed by atoms with Gasteiger partial charge in [-0.3, -0.25) is 19.4 Å². The van der Waals surface area contributed by atoms with Gasteiger partial charge in [-0.05, 0) is 43.3 Å². The summed E-state index contributed by atoms with van der Waals surface area (Å²) in [5.74, 6) is -0.543. The van der Waals surface area contributed by atoms with Crippen LogP contribution in [0.5, 0.6) is 0 Å². The lowest BCUT2D eigenvalue weighted by molar-refractivity contribution is -0.121. The quantitative estimate of drug-likeness (QED) is 0.648. The fourth-order valence-electron chi connectivity index (χ4n) is 3.73. The molecule has 1 aliphatic heterocycles. The zero-order valence-corrected chi connectivity index (χ0v) is 17.0. The highest BCUT2D eigenvalue weighted by atomic mass is 16.2. The van der Waals surface area contributed by atoms with Gasteiger partial charge in [0, 0.05) is 56.4 Å². The molecule has 0 radical (unpaired) electrons. The van der Waals surface area contributed by atoms with Gasteiger partial charge in [-0.15, -0.1) is 0 Å². The Hall–Kier alpha value is -3.23. The molecule has 1 aliphatic rings. The second-order valence-corrected chi connectivity index (χ2v) is 7.62. The number of imidazole rings is 1. The molecular formula is C22H26N6O2. The van der Waals surface area contributed by atoms with Crippen molar-refractivity contribution in [2.45, 2.75) is 19.5 Å². The zero-order chi connectivity index (χ0) is 21.1. The Morgan fingerprint density at radius 1 is 1.10 bits per heavy atom. The SMILES string of the molecule is CC(C(=O)Nc1ccc(C(N)=O)cc1)N1CCN(Cc2cn3ccccc3n2)CC1. The van der Waals surface area contributed by atoms with Crippen molar-refractivity contribution in [2.24, 2.45) is 5.73 Å². The molecule has 30 heavy (non-hydrogen) atoms. The summed E-state index contributed by atoms with van der Waals surface area (Å²) in [5.41, 5.74) is 8.34. The average Bonchev–Trinajstić information content (AvgIpc) is 3.16. The highest BCUT2D eigenvalue weighted by Gasteiger charge is 2.26. The zero-order valence-electron chi connectivity index (χ0n) is 17.0. The van der Waals surface area contributed by atoms with Crippen LogP contribution < -0.4 is 11.1 Å². The van der Waals surface area contributed by atoms with Crippen molar-refractivity contribution in [2.75, 3.05) is 31.5 Å². The first-order chi connectivity index (χ1) is 14.5. The van der Waals surface area contributed by atoms with E-state index in [2.05, 4.69) is 26.3 Å². The number of pyridine rings is 1. The van der Waals surface area contributed by atoms with Crippen molar-refractivity contribution in [3.8, 4) is 0 Å². The van der Waals surface area contributed by atoms with Crippen LogP contribution in [0.15, 0.2) is 54.9 Å². The monoisotopic (exact) mass is 406 g/mol. The Kier molecular flexibility index (Phi) is 5.78. The molecule has 2 amide bonds. The molecule has 156 valence electrons. The molecule has 8 heteroatoms. The van der Waals surface area contributed by atoms with Gasteiger partial charge in [-0.1, -0.05) is 6.07 Å². The molecule has 3 heterocycles. The van der Waals surface area contributed by atoms with Gasteiger partial charge in [0.2, 0.25) is 11.8 Å². The summed E-state index contributed by atoms with van der Waals surface area (Å²) in [6.07, 6.45) is 4.08. The maximum atomic E-state index is 12.6. The van der Waals surface area contributed by atoms with Crippen molar-refractivity contribution >= 4 is 23.1 Å². The Morgan fingerprint density at radius 3 is 2.50 bits per heavy atom. The van der Waals surface area contributed by atoms with E-state index in [-0.39, 0.29) is 11.9 Å². The number of amides is 2. The van der Waals surface area contributed by atoms with E-state index in [9.17, 15) is 9.59 Å². The number of hydrogen-bond donors (Lipinski definition) is 2. The second kappa shape index (κ2) is 8.64. The smallest absolute Gasteiger partial charge is 0.248 e. The molecule has 1 atom stereocenters. The van der Waals surface area contributed by atoms with E-state index in [0.29, 0.717) is 11.3 Å². The number of carbonyl (C=O) groups excluding carboxylic acids is 2. The van der Waals surface area contributed by atoms with Gasteiger partial charge in [0.05, 0.1) is 11.7 Å². The van der Waals surface area contributed by atoms with Crippen LogP contribution in [0.1, 0.15) is 23.0 Å². The van der Waals surface area contributed by atoms with Crippen LogP contribution in [0.25, 0.3) is 5.65 Å². The number of carbonyl (C=O) groups is 2. The number of nitrogens with zero attached hydrogens (tertiary/aromatic N) is 4. The number of fused-ring (bicyclic) bond motifs is 1. The summed E-state index contributed by atoms with van der Waals surface area (Å²) in [5, 5.41) is 2.91. The molecule has 1 unspecified atom stereocenters. The summed E-state index contributed by atoms with van der Waals surface area (Å²) in [6, 6.07) is 12.4. The number of anilines is 1. The summed E-state index contributed by atoms with van der Waals surface area (Å²) >= 11 is 0. The van der Waals surface area contributed by atoms with Crippen molar-refractivity contribution in [3.63, 3.8) is 0 Å². The van der Waals surface area contributed by atoms with E-state index in [1.165, 1.54) is 0 Å². The summed E-state index contributed by atoms with van der Waals surface area (Å²) in [4.78, 5) is 33.0. The molecule has 8 nitrogen and oxygen atoms in total. The van der Waals surface area contributed by atoms with Crippen LogP contribution in [0.2, 0.25) is 0 Å². The Balaban J connectivity index is 1.28. The van der Waals surface area contributed by atoms with Gasteiger partial charge >= 0.3 is 0 Å². The van der Waals surface area contributed by atoms with Crippen LogP contribution in [-0.4, -0.2) is 63.2 Å². The van der Waals surface area contributed by atoms with Crippen LogP contribution in [0, 0.1) is 0 Å². The lowest BCUT2D eigenvalue weighted by Gasteiger charge is -2.37. The minimum atomic E-state index is -0.484. The van der Waals surface area contributed by atoms with E-state index in [1.54, 1.807) is 24.3 Å². The summed E-state index contributed by atoms with van der Waals surface area (Å²) in [6.45, 7) is 6.15. The summed E-state index contributed by atoms with van der Waals surface area (Å²) < 4.78 is 2.04. The van der Waals surface area contributed by atoms with E-state index in [1.807, 2.05) is 35.7 Å². The van der Waals surface area contributed by atoms with E-state index in [0.717, 1.165) is 44.1 Å². The minimum Gasteiger partial charge on any atom is -0.366 e. The Morgan fingerprint density at radius 2 is 1.83 bits per heavy atom. The fourth-order valence-corrected chi connectivity index (χ4v) is 3.73. The highest BCUT2D eigenvalue weighted by molar-refractivity contribution is 5.96. The Labute approximate surface area is 175 Å². The van der Waals surface area contributed by atoms with Crippen LogP contribution in [0.4, 0.5) is 5.69 Å². The molecule has 4 rings (SSSR count). The van der Waals surface area contributed by atoms with Gasteiger partial charge in [0.25, 0.3) is 0 Å². The number of primary amides is 1. The molecule has 3 N–H and O–H groups in total. The molecule has 0 bridgehead atoms. The number of piperazine rings is 1. The third kappa shape index (κ3) is 4.50. The minimum absolute atomic E-state index is 0.0596. The third-order valence-corrected chi connectivity index (χ3v) is 5.57. The molecule has 0 aliphatic carbocycles. The molecule has 0 spiro atoms. The van der Waals surface area contributed by atoms with Crippen molar-refractivity contribution < 1.29 is 9.59 Å². The van der Waals surface area contributed by atoms with Gasteiger partial charge in [0.1, 0.15) is 5.65 Å². The van der Waals surface area contributed by atoms with Gasteiger partial charge in [-0.2, -0.15) is 0 Å². The lowest BCUT2D eigenvalue weighted by Crippen LogP contribution is -2.52. The molecule has 3 aromatic rings. The molecule has 1 aromatic carbocycles. The van der Waals surface area contributed by atoms with Crippen LogP contribution >= 0.6 is 0 Å². The van der Waals surface area contributed by atoms with E-state index >= 15 is 0 Å². The van der Waals surface area contributed by atoms with Crippen molar-refractivity contribution in [3.05, 3.63) is 66.1 Å². The lowest BCUT2D eigenvalue weighted by atomic mass is 10.1. The van der Waals surface area contributed by atoms with E-state index in [4.69, 9.17) is 5.73 Å². The third-order valence-electron chi connectivity index (χ3n) is 5.57. The molecule has 2 aromatic heterocycles. The Bertz CT molecular complexity index is 1000. The second-order valence-electron chi connectivity index (χ2n) is 7.62. The topological polar surface area (TPSA) is 96.0 Å². The van der Waals surface area contributed by atoms with Gasteiger partial charge in [-0.25, -0.2) is 4.98 Å². The molecule has 0 saturated carbocycles. The number of aromatic nitrogens is 2. The fraction of sp³-hybridized carbons (Fsp3) is 0.318. The predicted octanol–water partition coefficient (Wildman–Crippen LogP) is 1.58. The maximum Gasteiger partial charge on any atom is 0.248 e. The predicted molar refractivity (Wildman–Crippen MR) is 115 cm³/mol. The number of benzene rings is 1. The largest absolute Gasteiger partial charge is 0.366 e. The number of hydrogen-bond acceptors (Lipinski definition) is 5. The van der Waals surface area contributed by atoms with Crippen molar-refractivity contribution in [1.29, 1.82) is 0 Å². The standard InChI is InChI=1S/C22H26N6O2/c1-16(22(30)25-18-7-5-17(6-8-18)21(23)29)27-12-10-26(11-13-27)14-19-15-28-9-3-2-4-20(28)24-19/h2-9,15-16H,10-14H2,1H3,(H2,23,29)(H,25,30). The van der Waals surface area contributed by atoms with E-state index < -0.39 is 5.91 Å². The van der Waals surface area contributed by atoms with Gasteiger partial charge in [0.15, 0.2) is 0 Å². The molecular weight excluding hydrogens is 380 g/mol. The average molecular weight is 406 g/mol. The van der Waals surface area contributed by atoms with Crippen LogP contribution in [-0.2, 0) is 11.3 Å². The normalized spacial score (nSPS) is 16.4. The number of rotatable bonds is 6. The first kappa shape index (κ1) is 20.1. The number of nitrogens with one attached hydrogen (secondary N) is 1. The van der Waals surface area contributed by atoms with Gasteiger partial charge < -0.3 is 15.5 Å². The summed E-state index contributed by atoms with van der Waals surface area (Å²) in [7, 11) is 0. The molecule has 1 fully saturated rings. The van der Waals surface area contributed by atoms with Crippen molar-refractivity contribution in [1.82, 2.24) is 19.2 Å². The molecule has 1 saturated heterocycles.